The van der Waals surface area contributed by atoms with E-state index in [4.69, 9.17) is 11.6 Å². The first-order valence-electron chi connectivity index (χ1n) is 5.08. The Morgan fingerprint density at radius 3 is 3.00 bits per heavy atom. The number of aromatic nitrogens is 2. The Kier molecular flexibility index (Phi) is 1.94. The van der Waals surface area contributed by atoms with Gasteiger partial charge in [0.15, 0.2) is 5.78 Å². The van der Waals surface area contributed by atoms with Gasteiger partial charge in [-0.1, -0.05) is 6.07 Å². The third-order valence-electron chi connectivity index (χ3n) is 2.95. The number of aromatic amines is 1. The lowest BCUT2D eigenvalue weighted by molar-refractivity contribution is 0.0986. The van der Waals surface area contributed by atoms with Gasteiger partial charge in [-0.3, -0.25) is 9.36 Å². The van der Waals surface area contributed by atoms with Crippen LogP contribution in [0, 0.1) is 0 Å². The minimum Gasteiger partial charge on any atom is -0.306 e. The Bertz CT molecular complexity index is 641. The van der Waals surface area contributed by atoms with Crippen molar-refractivity contribution < 1.29 is 4.79 Å². The average molecular weight is 237 g/mol. The van der Waals surface area contributed by atoms with Crippen LogP contribution < -0.4 is 5.69 Å². The summed E-state index contributed by atoms with van der Waals surface area (Å²) >= 11 is 5.98. The van der Waals surface area contributed by atoms with E-state index in [1.165, 1.54) is 0 Å². The number of nitrogens with zero attached hydrogens (tertiary/aromatic N) is 1. The standard InChI is InChI=1S/C11H9ClN2O2/c12-7-4-5-14-9-6(10(7)15)2-1-3-8(9)13-11(14)16/h1-3,7H,4-5H2,(H,13,16)/t7-/m0/s1. The van der Waals surface area contributed by atoms with E-state index >= 15 is 0 Å². The zero-order valence-electron chi connectivity index (χ0n) is 8.37. The lowest BCUT2D eigenvalue weighted by Crippen LogP contribution is -2.18. The minimum absolute atomic E-state index is 0.0995. The summed E-state index contributed by atoms with van der Waals surface area (Å²) in [6.07, 6.45) is 0.488. The maximum atomic E-state index is 12.0. The van der Waals surface area contributed by atoms with Gasteiger partial charge in [-0.25, -0.2) is 4.79 Å². The number of Topliss-reactive ketones (excluding diaryl/α,β-unsaturated/α-hetero) is 1. The van der Waals surface area contributed by atoms with Crippen LogP contribution in [0.4, 0.5) is 0 Å². The summed E-state index contributed by atoms with van der Waals surface area (Å²) in [5.41, 5.74) is 1.73. The van der Waals surface area contributed by atoms with Crippen LogP contribution in [0.25, 0.3) is 11.0 Å². The van der Waals surface area contributed by atoms with Crippen LogP contribution in [-0.4, -0.2) is 20.7 Å². The van der Waals surface area contributed by atoms with Crippen LogP contribution >= 0.6 is 11.6 Å². The number of carbonyl (C=O) groups is 1. The zero-order chi connectivity index (χ0) is 11.3. The molecule has 0 amide bonds. The third-order valence-corrected chi connectivity index (χ3v) is 3.37. The highest BCUT2D eigenvalue weighted by molar-refractivity contribution is 6.35. The molecule has 1 atom stereocenters. The fraction of sp³-hybridized carbons (Fsp3) is 0.273. The first kappa shape index (κ1) is 9.66. The summed E-state index contributed by atoms with van der Waals surface area (Å²) < 4.78 is 1.59. The van der Waals surface area contributed by atoms with Gasteiger partial charge in [0.05, 0.1) is 16.4 Å². The van der Waals surface area contributed by atoms with Crippen molar-refractivity contribution in [2.75, 3.05) is 0 Å². The number of aryl methyl sites for hydroxylation is 1. The largest absolute Gasteiger partial charge is 0.326 e. The van der Waals surface area contributed by atoms with Gasteiger partial charge in [-0.2, -0.15) is 0 Å². The molecule has 0 radical (unpaired) electrons. The molecule has 1 aromatic carbocycles. The molecule has 2 aromatic rings. The van der Waals surface area contributed by atoms with Gasteiger partial charge in [0, 0.05) is 12.1 Å². The molecule has 2 heterocycles. The molecule has 0 fully saturated rings. The number of rotatable bonds is 0. The molecule has 1 aromatic heterocycles. The number of imidazole rings is 1. The molecule has 16 heavy (non-hydrogen) atoms. The van der Waals surface area contributed by atoms with E-state index in [9.17, 15) is 9.59 Å². The number of H-pyrrole nitrogens is 1. The van der Waals surface area contributed by atoms with Crippen LogP contribution in [-0.2, 0) is 6.54 Å². The number of hydrogen-bond acceptors (Lipinski definition) is 2. The third kappa shape index (κ3) is 1.16. The summed E-state index contributed by atoms with van der Waals surface area (Å²) in [6, 6.07) is 5.26. The maximum absolute atomic E-state index is 12.0. The van der Waals surface area contributed by atoms with E-state index in [1.807, 2.05) is 0 Å². The monoisotopic (exact) mass is 236 g/mol. The number of para-hydroxylation sites is 1. The molecule has 82 valence electrons. The number of benzene rings is 1. The molecule has 0 aliphatic carbocycles. The van der Waals surface area contributed by atoms with Gasteiger partial charge in [0.2, 0.25) is 0 Å². The van der Waals surface area contributed by atoms with Crippen LogP contribution in [0.15, 0.2) is 23.0 Å². The molecular formula is C11H9ClN2O2. The Hall–Kier alpha value is -1.55. The van der Waals surface area contributed by atoms with Gasteiger partial charge in [0.25, 0.3) is 0 Å². The maximum Gasteiger partial charge on any atom is 0.326 e. The van der Waals surface area contributed by atoms with E-state index in [-0.39, 0.29) is 11.5 Å². The molecule has 1 aliphatic rings. The van der Waals surface area contributed by atoms with E-state index < -0.39 is 5.38 Å². The van der Waals surface area contributed by atoms with Crippen LogP contribution in [0.3, 0.4) is 0 Å². The van der Waals surface area contributed by atoms with Gasteiger partial charge in [0.1, 0.15) is 0 Å². The van der Waals surface area contributed by atoms with Crippen molar-refractivity contribution in [2.24, 2.45) is 0 Å². The molecule has 5 heteroatoms. The number of hydrogen-bond donors (Lipinski definition) is 1. The lowest BCUT2D eigenvalue weighted by Gasteiger charge is -2.03. The van der Waals surface area contributed by atoms with Crippen molar-refractivity contribution in [1.82, 2.24) is 9.55 Å². The Morgan fingerprint density at radius 2 is 2.19 bits per heavy atom. The summed E-state index contributed by atoms with van der Waals surface area (Å²) in [5.74, 6) is -0.0995. The highest BCUT2D eigenvalue weighted by atomic mass is 35.5. The van der Waals surface area contributed by atoms with Crippen molar-refractivity contribution in [1.29, 1.82) is 0 Å². The van der Waals surface area contributed by atoms with Gasteiger partial charge in [-0.05, 0) is 18.6 Å². The minimum atomic E-state index is -0.537. The fourth-order valence-electron chi connectivity index (χ4n) is 2.17. The molecule has 0 unspecified atom stereocenters. The SMILES string of the molecule is O=C1c2cccc3[nH]c(=O)n(c23)CC[C@@H]1Cl. The van der Waals surface area contributed by atoms with Crippen LogP contribution in [0.1, 0.15) is 16.8 Å². The number of alkyl halides is 1. The quantitative estimate of drug-likeness (QED) is 0.706. The second-order valence-electron chi connectivity index (χ2n) is 3.90. The summed E-state index contributed by atoms with van der Waals surface area (Å²) in [7, 11) is 0. The molecular weight excluding hydrogens is 228 g/mol. The lowest BCUT2D eigenvalue weighted by atomic mass is 10.1. The van der Waals surface area contributed by atoms with Crippen molar-refractivity contribution in [3.8, 4) is 0 Å². The zero-order valence-corrected chi connectivity index (χ0v) is 9.12. The molecule has 0 bridgehead atoms. The van der Waals surface area contributed by atoms with Crippen molar-refractivity contribution >= 4 is 28.4 Å². The summed E-state index contributed by atoms with van der Waals surface area (Å²) in [6.45, 7) is 0.482. The molecule has 3 rings (SSSR count). The van der Waals surface area contributed by atoms with E-state index in [0.29, 0.717) is 29.6 Å². The number of halogens is 1. The smallest absolute Gasteiger partial charge is 0.306 e. The second kappa shape index (κ2) is 3.22. The topological polar surface area (TPSA) is 54.9 Å². The second-order valence-corrected chi connectivity index (χ2v) is 4.43. The fourth-order valence-corrected chi connectivity index (χ4v) is 2.39. The Labute approximate surface area is 95.8 Å². The van der Waals surface area contributed by atoms with Gasteiger partial charge < -0.3 is 4.98 Å². The number of nitrogens with one attached hydrogen (secondary N) is 1. The van der Waals surface area contributed by atoms with Crippen molar-refractivity contribution in [2.45, 2.75) is 18.3 Å². The summed E-state index contributed by atoms with van der Waals surface area (Å²) in [5, 5.41) is -0.537. The Morgan fingerprint density at radius 1 is 1.38 bits per heavy atom. The molecule has 0 saturated carbocycles. The normalized spacial score (nSPS) is 20.1. The van der Waals surface area contributed by atoms with E-state index in [2.05, 4.69) is 4.98 Å². The number of carbonyl (C=O) groups excluding carboxylic acids is 1. The van der Waals surface area contributed by atoms with Crippen molar-refractivity contribution in [3.63, 3.8) is 0 Å². The molecule has 4 nitrogen and oxygen atoms in total. The van der Waals surface area contributed by atoms with Crippen LogP contribution in [0.5, 0.6) is 0 Å². The van der Waals surface area contributed by atoms with Gasteiger partial charge in [-0.15, -0.1) is 11.6 Å². The molecule has 1 N–H and O–H groups in total. The first-order chi connectivity index (χ1) is 7.68. The highest BCUT2D eigenvalue weighted by Crippen LogP contribution is 2.24. The Balaban J connectivity index is 2.46. The molecule has 0 saturated heterocycles. The summed E-state index contributed by atoms with van der Waals surface area (Å²) in [4.78, 5) is 26.4. The van der Waals surface area contributed by atoms with Crippen LogP contribution in [0.2, 0.25) is 0 Å². The van der Waals surface area contributed by atoms with Gasteiger partial charge >= 0.3 is 5.69 Å². The van der Waals surface area contributed by atoms with E-state index in [0.717, 1.165) is 0 Å². The molecule has 1 aliphatic heterocycles. The highest BCUT2D eigenvalue weighted by Gasteiger charge is 2.25. The molecule has 0 spiro atoms. The van der Waals surface area contributed by atoms with Crippen molar-refractivity contribution in [3.05, 3.63) is 34.2 Å². The van der Waals surface area contributed by atoms with E-state index in [1.54, 1.807) is 22.8 Å². The predicted molar refractivity (Wildman–Crippen MR) is 61.1 cm³/mol. The average Bonchev–Trinajstić information content (AvgIpc) is 2.53. The first-order valence-corrected chi connectivity index (χ1v) is 5.52. The predicted octanol–water partition coefficient (Wildman–Crippen LogP) is 1.52. The number of ketones is 1.